The topological polar surface area (TPSA) is 71.3 Å². The molecule has 0 saturated carbocycles. The van der Waals surface area contributed by atoms with Crippen molar-refractivity contribution in [2.75, 3.05) is 10.6 Å². The van der Waals surface area contributed by atoms with Gasteiger partial charge in [0.1, 0.15) is 11.8 Å². The molecule has 1 aliphatic heterocycles. The Morgan fingerprint density at radius 2 is 1.85 bits per heavy atom. The zero-order chi connectivity index (χ0) is 22.5. The number of ketones is 1. The number of fused-ring (bicyclic) bond motifs is 2. The van der Waals surface area contributed by atoms with Gasteiger partial charge in [0.25, 0.3) is 0 Å². The summed E-state index contributed by atoms with van der Waals surface area (Å²) in [4.78, 5) is 28.3. The average molecular weight is 475 g/mol. The number of carbonyl (C=O) groups is 1. The molecule has 0 bridgehead atoms. The van der Waals surface area contributed by atoms with Gasteiger partial charge in [-0.1, -0.05) is 29.8 Å². The van der Waals surface area contributed by atoms with Gasteiger partial charge in [-0.25, -0.2) is 0 Å². The molecule has 0 amide bonds. The molecule has 1 aliphatic carbocycles. The summed E-state index contributed by atoms with van der Waals surface area (Å²) in [7, 11) is 0. The fourth-order valence-corrected chi connectivity index (χ4v) is 5.77. The van der Waals surface area contributed by atoms with Crippen molar-refractivity contribution in [2.45, 2.75) is 24.8 Å². The molecule has 0 radical (unpaired) electrons. The lowest BCUT2D eigenvalue weighted by atomic mass is 9.81. The van der Waals surface area contributed by atoms with E-state index in [1.54, 1.807) is 29.5 Å². The summed E-state index contributed by atoms with van der Waals surface area (Å²) in [5.41, 5.74) is 3.78. The van der Waals surface area contributed by atoms with Crippen molar-refractivity contribution in [3.05, 3.63) is 103 Å². The molecule has 164 valence electrons. The normalized spacial score (nSPS) is 20.0. The van der Waals surface area contributed by atoms with E-state index in [9.17, 15) is 9.59 Å². The molecule has 2 aliphatic rings. The summed E-state index contributed by atoms with van der Waals surface area (Å²) in [6, 6.07) is 16.2. The number of Topliss-reactive ketones (excluding diaryl/α,β-unsaturated/α-hetero) is 1. The van der Waals surface area contributed by atoms with Crippen molar-refractivity contribution in [3.8, 4) is 0 Å². The summed E-state index contributed by atoms with van der Waals surface area (Å²) >= 11 is 7.82. The van der Waals surface area contributed by atoms with Gasteiger partial charge in [0, 0.05) is 33.5 Å². The Morgan fingerprint density at radius 1 is 1.00 bits per heavy atom. The van der Waals surface area contributed by atoms with Crippen LogP contribution < -0.4 is 16.1 Å². The largest absolute Gasteiger partial charge is 0.464 e. The molecule has 2 N–H and O–H groups in total. The van der Waals surface area contributed by atoms with Gasteiger partial charge >= 0.3 is 0 Å². The lowest BCUT2D eigenvalue weighted by Gasteiger charge is -2.28. The van der Waals surface area contributed by atoms with Gasteiger partial charge in [-0.05, 0) is 48.2 Å². The highest BCUT2D eigenvalue weighted by molar-refractivity contribution is 7.10. The third kappa shape index (κ3) is 3.46. The Hall–Kier alpha value is -3.35. The fourth-order valence-electron chi connectivity index (χ4n) is 4.77. The first-order chi connectivity index (χ1) is 16.1. The highest BCUT2D eigenvalue weighted by Gasteiger charge is 2.37. The van der Waals surface area contributed by atoms with Crippen LogP contribution in [0.15, 0.2) is 86.7 Å². The van der Waals surface area contributed by atoms with Gasteiger partial charge in [-0.3, -0.25) is 9.59 Å². The van der Waals surface area contributed by atoms with E-state index in [1.165, 1.54) is 11.1 Å². The van der Waals surface area contributed by atoms with Crippen LogP contribution in [0.5, 0.6) is 0 Å². The maximum atomic E-state index is 13.6. The third-order valence-corrected chi connectivity index (χ3v) is 7.60. The first kappa shape index (κ1) is 20.3. The Morgan fingerprint density at radius 3 is 2.67 bits per heavy atom. The second-order valence-electron chi connectivity index (χ2n) is 8.34. The Kier molecular flexibility index (Phi) is 4.85. The molecule has 0 unspecified atom stereocenters. The van der Waals surface area contributed by atoms with Crippen LogP contribution in [0.2, 0.25) is 5.02 Å². The number of nitrogens with one attached hydrogen (secondary N) is 2. The lowest BCUT2D eigenvalue weighted by Crippen LogP contribution is -2.29. The smallest absolute Gasteiger partial charge is 0.198 e. The molecule has 5 nitrogen and oxygen atoms in total. The molecule has 3 heterocycles. The fraction of sp³-hybridized carbons (Fsp3) is 0.154. The van der Waals surface area contributed by atoms with E-state index in [4.69, 9.17) is 16.0 Å². The molecule has 4 aromatic rings. The van der Waals surface area contributed by atoms with Crippen LogP contribution in [-0.2, 0) is 4.79 Å². The van der Waals surface area contributed by atoms with Crippen molar-refractivity contribution in [3.63, 3.8) is 0 Å². The van der Waals surface area contributed by atoms with Crippen molar-refractivity contribution in [1.29, 1.82) is 0 Å². The molecule has 6 rings (SSSR count). The molecule has 2 aromatic carbocycles. The van der Waals surface area contributed by atoms with Crippen LogP contribution in [0.4, 0.5) is 11.4 Å². The lowest BCUT2D eigenvalue weighted by molar-refractivity contribution is -0.116. The summed E-state index contributed by atoms with van der Waals surface area (Å²) in [6.45, 7) is 0. The number of hydrogen-bond donors (Lipinski definition) is 2. The monoisotopic (exact) mass is 474 g/mol. The van der Waals surface area contributed by atoms with E-state index >= 15 is 0 Å². The number of para-hydroxylation sites is 2. The summed E-state index contributed by atoms with van der Waals surface area (Å²) < 4.78 is 5.80. The van der Waals surface area contributed by atoms with Gasteiger partial charge in [-0.15, -0.1) is 11.3 Å². The van der Waals surface area contributed by atoms with Crippen molar-refractivity contribution in [1.82, 2.24) is 0 Å². The minimum Gasteiger partial charge on any atom is -0.464 e. The maximum absolute atomic E-state index is 13.6. The second kappa shape index (κ2) is 7.90. The standard InChI is InChI=1S/C26H19ClN2O3S/c27-15-7-8-22-16(12-15)26(31)17(13-32-22)25-24-20(28-18-4-1-2-5-19(18)29-25)10-14(11-21(24)30)23-6-3-9-33-23/h1-9,12-14,25,28-29H,10-11H2/t14-,25-/m1/s1. The molecule has 0 saturated heterocycles. The van der Waals surface area contributed by atoms with Gasteiger partial charge < -0.3 is 15.1 Å². The van der Waals surface area contributed by atoms with Crippen molar-refractivity contribution >= 4 is 51.1 Å². The van der Waals surface area contributed by atoms with Crippen LogP contribution in [0.3, 0.4) is 0 Å². The number of allylic oxidation sites excluding steroid dienone is 1. The van der Waals surface area contributed by atoms with Crippen LogP contribution in [0, 0.1) is 0 Å². The maximum Gasteiger partial charge on any atom is 0.198 e. The van der Waals surface area contributed by atoms with E-state index < -0.39 is 6.04 Å². The quantitative estimate of drug-likeness (QED) is 0.347. The summed E-state index contributed by atoms with van der Waals surface area (Å²) in [6.07, 6.45) is 2.56. The van der Waals surface area contributed by atoms with Gasteiger partial charge in [0.15, 0.2) is 11.2 Å². The number of carbonyl (C=O) groups excluding carboxylic acids is 1. The predicted octanol–water partition coefficient (Wildman–Crippen LogP) is 6.49. The molecule has 0 spiro atoms. The molecule has 2 atom stereocenters. The van der Waals surface area contributed by atoms with E-state index in [-0.39, 0.29) is 17.1 Å². The number of benzene rings is 2. The SMILES string of the molecule is O=C1C[C@H](c2cccs2)CC2=C1[C@@H](c1coc3ccc(Cl)cc3c1=O)Nc1ccccc1N2. The van der Waals surface area contributed by atoms with Crippen molar-refractivity contribution < 1.29 is 9.21 Å². The van der Waals surface area contributed by atoms with E-state index in [1.807, 2.05) is 35.7 Å². The minimum absolute atomic E-state index is 0.0260. The highest BCUT2D eigenvalue weighted by Crippen LogP contribution is 2.44. The van der Waals surface area contributed by atoms with E-state index in [2.05, 4.69) is 16.7 Å². The van der Waals surface area contributed by atoms with Gasteiger partial charge in [0.05, 0.1) is 28.4 Å². The first-order valence-corrected chi connectivity index (χ1v) is 12.0. The van der Waals surface area contributed by atoms with Gasteiger partial charge in [-0.2, -0.15) is 0 Å². The molecule has 2 aromatic heterocycles. The Balaban J connectivity index is 1.54. The van der Waals surface area contributed by atoms with Crippen LogP contribution in [0.25, 0.3) is 11.0 Å². The zero-order valence-corrected chi connectivity index (χ0v) is 19.0. The molecule has 0 fully saturated rings. The highest BCUT2D eigenvalue weighted by atomic mass is 35.5. The zero-order valence-electron chi connectivity index (χ0n) is 17.4. The molecule has 33 heavy (non-hydrogen) atoms. The number of halogens is 1. The van der Waals surface area contributed by atoms with Crippen LogP contribution in [0.1, 0.15) is 35.2 Å². The molecular weight excluding hydrogens is 456 g/mol. The molecule has 7 heteroatoms. The van der Waals surface area contributed by atoms with E-state index in [0.717, 1.165) is 17.1 Å². The minimum atomic E-state index is -0.632. The Bertz CT molecular complexity index is 1490. The van der Waals surface area contributed by atoms with Gasteiger partial charge in [0.2, 0.25) is 0 Å². The predicted molar refractivity (Wildman–Crippen MR) is 132 cm³/mol. The molecular formula is C26H19ClN2O3S. The number of hydrogen-bond acceptors (Lipinski definition) is 6. The number of thiophene rings is 1. The van der Waals surface area contributed by atoms with E-state index in [0.29, 0.717) is 40.0 Å². The summed E-state index contributed by atoms with van der Waals surface area (Å²) in [5, 5.41) is 9.83. The van der Waals surface area contributed by atoms with Crippen molar-refractivity contribution in [2.24, 2.45) is 0 Å². The van der Waals surface area contributed by atoms with Crippen LogP contribution >= 0.6 is 22.9 Å². The number of anilines is 2. The number of rotatable bonds is 2. The summed E-state index contributed by atoms with van der Waals surface area (Å²) in [5.74, 6) is 0.138. The first-order valence-electron chi connectivity index (χ1n) is 10.7. The average Bonchev–Trinajstić information content (AvgIpc) is 3.29. The van der Waals surface area contributed by atoms with Crippen LogP contribution in [-0.4, -0.2) is 5.78 Å². The Labute approximate surface area is 198 Å². The third-order valence-electron chi connectivity index (χ3n) is 6.33. The second-order valence-corrected chi connectivity index (χ2v) is 9.76.